The molecule has 1 heterocycles. The van der Waals surface area contributed by atoms with Crippen LogP contribution < -0.4 is 5.32 Å². The summed E-state index contributed by atoms with van der Waals surface area (Å²) in [6, 6.07) is 4.91. The molecule has 0 aliphatic heterocycles. The molecule has 0 aliphatic rings. The highest BCUT2D eigenvalue weighted by Crippen LogP contribution is 2.19. The average Bonchev–Trinajstić information content (AvgIpc) is 2.68. The normalized spacial score (nSPS) is 10.7. The van der Waals surface area contributed by atoms with Gasteiger partial charge in [-0.1, -0.05) is 0 Å². The molecule has 0 aliphatic carbocycles. The number of amides is 1. The van der Waals surface area contributed by atoms with Crippen LogP contribution in [-0.2, 0) is 0 Å². The smallest absolute Gasteiger partial charge is 0.293 e. The second-order valence-corrected chi connectivity index (χ2v) is 3.81. The van der Waals surface area contributed by atoms with Crippen molar-refractivity contribution in [3.63, 3.8) is 0 Å². The zero-order valence-corrected chi connectivity index (χ0v) is 9.70. The lowest BCUT2D eigenvalue weighted by Crippen LogP contribution is -2.24. The lowest BCUT2D eigenvalue weighted by molar-refractivity contribution is 0.0951. The van der Waals surface area contributed by atoms with E-state index in [1.54, 1.807) is 18.2 Å². The van der Waals surface area contributed by atoms with Crippen LogP contribution in [0.3, 0.4) is 0 Å². The van der Waals surface area contributed by atoms with Crippen LogP contribution in [-0.4, -0.2) is 29.1 Å². The van der Waals surface area contributed by atoms with Crippen molar-refractivity contribution >= 4 is 28.6 Å². The molecule has 0 bridgehead atoms. The number of benzene rings is 1. The van der Waals surface area contributed by atoms with Gasteiger partial charge in [-0.2, -0.15) is 4.98 Å². The first kappa shape index (κ1) is 11.9. The van der Waals surface area contributed by atoms with Crippen LogP contribution in [0.4, 0.5) is 0 Å². The number of hydrogen-bond donors (Lipinski definition) is 2. The minimum absolute atomic E-state index is 0.0526. The van der Waals surface area contributed by atoms with E-state index in [2.05, 4.69) is 10.3 Å². The van der Waals surface area contributed by atoms with Gasteiger partial charge >= 0.3 is 0 Å². The Morgan fingerprint density at radius 1 is 1.53 bits per heavy atom. The quantitative estimate of drug-likeness (QED) is 0.813. The van der Waals surface area contributed by atoms with E-state index in [4.69, 9.17) is 21.1 Å². The summed E-state index contributed by atoms with van der Waals surface area (Å²) in [4.78, 5) is 15.6. The molecule has 1 aromatic heterocycles. The van der Waals surface area contributed by atoms with E-state index in [1.807, 2.05) is 0 Å². The standard InChI is InChI=1S/C11H11ClN2O3/c12-11-14-8-3-2-7(6-9(8)17-11)10(16)13-4-1-5-15/h2-3,6,15H,1,4-5H2,(H,13,16). The zero-order valence-electron chi connectivity index (χ0n) is 8.94. The van der Waals surface area contributed by atoms with Crippen molar-refractivity contribution < 1.29 is 14.3 Å². The van der Waals surface area contributed by atoms with Crippen LogP contribution in [0.15, 0.2) is 22.6 Å². The van der Waals surface area contributed by atoms with Gasteiger partial charge in [-0.15, -0.1) is 0 Å². The van der Waals surface area contributed by atoms with Gasteiger partial charge in [0.25, 0.3) is 11.3 Å². The largest absolute Gasteiger partial charge is 0.428 e. The molecule has 2 aromatic rings. The van der Waals surface area contributed by atoms with Crippen molar-refractivity contribution in [2.24, 2.45) is 0 Å². The highest BCUT2D eigenvalue weighted by atomic mass is 35.5. The van der Waals surface area contributed by atoms with E-state index in [9.17, 15) is 4.79 Å². The fraction of sp³-hybridized carbons (Fsp3) is 0.273. The summed E-state index contributed by atoms with van der Waals surface area (Å²) < 4.78 is 5.12. The van der Waals surface area contributed by atoms with Gasteiger partial charge < -0.3 is 14.8 Å². The van der Waals surface area contributed by atoms with Gasteiger partial charge in [0.2, 0.25) is 0 Å². The molecule has 0 saturated carbocycles. The second-order valence-electron chi connectivity index (χ2n) is 3.48. The number of nitrogens with one attached hydrogen (secondary N) is 1. The number of carbonyl (C=O) groups excluding carboxylic acids is 1. The highest BCUT2D eigenvalue weighted by Gasteiger charge is 2.09. The molecule has 0 radical (unpaired) electrons. The first-order chi connectivity index (χ1) is 8.20. The van der Waals surface area contributed by atoms with E-state index in [-0.39, 0.29) is 17.9 Å². The van der Waals surface area contributed by atoms with Crippen LogP contribution in [0.25, 0.3) is 11.1 Å². The number of rotatable bonds is 4. The third-order valence-corrected chi connectivity index (χ3v) is 2.41. The number of halogens is 1. The van der Waals surface area contributed by atoms with Crippen LogP contribution in [0.2, 0.25) is 5.35 Å². The fourth-order valence-corrected chi connectivity index (χ4v) is 1.59. The molecule has 6 heteroatoms. The van der Waals surface area contributed by atoms with Crippen LogP contribution in [0.5, 0.6) is 0 Å². The van der Waals surface area contributed by atoms with Gasteiger partial charge in [0.1, 0.15) is 5.52 Å². The molecule has 0 spiro atoms. The molecule has 2 N–H and O–H groups in total. The first-order valence-electron chi connectivity index (χ1n) is 5.16. The van der Waals surface area contributed by atoms with Crippen LogP contribution in [0, 0.1) is 0 Å². The average molecular weight is 255 g/mol. The molecule has 90 valence electrons. The number of fused-ring (bicyclic) bond motifs is 1. The maximum Gasteiger partial charge on any atom is 0.293 e. The number of aromatic nitrogens is 1. The van der Waals surface area contributed by atoms with Crippen molar-refractivity contribution in [1.82, 2.24) is 10.3 Å². The van der Waals surface area contributed by atoms with Gasteiger partial charge in [0.15, 0.2) is 5.58 Å². The van der Waals surface area contributed by atoms with Gasteiger partial charge in [-0.25, -0.2) is 0 Å². The molecule has 0 unspecified atom stereocenters. The second kappa shape index (κ2) is 5.16. The highest BCUT2D eigenvalue weighted by molar-refractivity contribution is 6.28. The third-order valence-electron chi connectivity index (χ3n) is 2.24. The summed E-state index contributed by atoms with van der Waals surface area (Å²) in [5.41, 5.74) is 1.56. The van der Waals surface area contributed by atoms with Gasteiger partial charge in [0.05, 0.1) is 0 Å². The number of aliphatic hydroxyl groups is 1. The number of carbonyl (C=O) groups is 1. The molecule has 17 heavy (non-hydrogen) atoms. The molecule has 0 saturated heterocycles. The van der Waals surface area contributed by atoms with Gasteiger partial charge in [0, 0.05) is 18.7 Å². The van der Waals surface area contributed by atoms with Crippen molar-refractivity contribution in [2.45, 2.75) is 6.42 Å². The molecule has 5 nitrogen and oxygen atoms in total. The van der Waals surface area contributed by atoms with Crippen LogP contribution in [0.1, 0.15) is 16.8 Å². The lowest BCUT2D eigenvalue weighted by atomic mass is 10.2. The maximum atomic E-state index is 11.7. The topological polar surface area (TPSA) is 75.4 Å². The van der Waals surface area contributed by atoms with Crippen molar-refractivity contribution in [3.05, 3.63) is 29.1 Å². The summed E-state index contributed by atoms with van der Waals surface area (Å²) in [7, 11) is 0. The Balaban J connectivity index is 2.15. The first-order valence-corrected chi connectivity index (χ1v) is 5.53. The van der Waals surface area contributed by atoms with E-state index < -0.39 is 0 Å². The molecule has 2 rings (SSSR count). The maximum absolute atomic E-state index is 11.7. The Morgan fingerprint density at radius 3 is 3.12 bits per heavy atom. The Hall–Kier alpha value is -1.59. The Labute approximate surface area is 102 Å². The van der Waals surface area contributed by atoms with Crippen molar-refractivity contribution in [3.8, 4) is 0 Å². The molecule has 0 fully saturated rings. The van der Waals surface area contributed by atoms with Gasteiger partial charge in [-0.05, 0) is 36.2 Å². The molecular weight excluding hydrogens is 244 g/mol. The monoisotopic (exact) mass is 254 g/mol. The minimum atomic E-state index is -0.215. The number of oxazole rings is 1. The Morgan fingerprint density at radius 2 is 2.35 bits per heavy atom. The van der Waals surface area contributed by atoms with Crippen molar-refractivity contribution in [2.75, 3.05) is 13.2 Å². The third kappa shape index (κ3) is 2.75. The summed E-state index contributed by atoms with van der Waals surface area (Å²) in [5, 5.41) is 11.3. The lowest BCUT2D eigenvalue weighted by Gasteiger charge is -2.03. The van der Waals surface area contributed by atoms with Crippen molar-refractivity contribution in [1.29, 1.82) is 0 Å². The summed E-state index contributed by atoms with van der Waals surface area (Å²) >= 11 is 5.61. The molecule has 0 atom stereocenters. The summed E-state index contributed by atoms with van der Waals surface area (Å²) in [6.45, 7) is 0.488. The van der Waals surface area contributed by atoms with E-state index in [0.717, 1.165) is 0 Å². The fourth-order valence-electron chi connectivity index (χ4n) is 1.42. The Bertz CT molecular complexity index is 538. The number of hydrogen-bond acceptors (Lipinski definition) is 4. The van der Waals surface area contributed by atoms with E-state index >= 15 is 0 Å². The summed E-state index contributed by atoms with van der Waals surface area (Å²) in [5.74, 6) is -0.215. The molecular formula is C11H11ClN2O3. The van der Waals surface area contributed by atoms with E-state index in [1.165, 1.54) is 0 Å². The SMILES string of the molecule is O=C(NCCCO)c1ccc2nc(Cl)oc2c1. The molecule has 1 aromatic carbocycles. The van der Waals surface area contributed by atoms with Gasteiger partial charge in [-0.3, -0.25) is 4.79 Å². The Kier molecular flexibility index (Phi) is 3.61. The van der Waals surface area contributed by atoms with E-state index in [0.29, 0.717) is 29.6 Å². The minimum Gasteiger partial charge on any atom is -0.428 e. The number of nitrogens with zero attached hydrogens (tertiary/aromatic N) is 1. The summed E-state index contributed by atoms with van der Waals surface area (Å²) in [6.07, 6.45) is 0.530. The van der Waals surface area contributed by atoms with Crippen LogP contribution >= 0.6 is 11.6 Å². The predicted octanol–water partition coefficient (Wildman–Crippen LogP) is 1.59. The predicted molar refractivity (Wildman–Crippen MR) is 63.1 cm³/mol. The molecule has 1 amide bonds. The zero-order chi connectivity index (χ0) is 12.3. The number of aliphatic hydroxyl groups excluding tert-OH is 1.